The van der Waals surface area contributed by atoms with E-state index in [1.807, 2.05) is 30.3 Å². The molecule has 1 amide bonds. The van der Waals surface area contributed by atoms with E-state index in [9.17, 15) is 4.79 Å². The second-order valence-corrected chi connectivity index (χ2v) is 2.59. The summed E-state index contributed by atoms with van der Waals surface area (Å²) in [5.74, 6) is 0.480. The zero-order valence-electron chi connectivity index (χ0n) is 6.84. The van der Waals surface area contributed by atoms with Crippen LogP contribution in [0.5, 0.6) is 0 Å². The Hall–Kier alpha value is -1.90. The Morgan fingerprint density at radius 1 is 1.23 bits per heavy atom. The van der Waals surface area contributed by atoms with E-state index in [0.29, 0.717) is 12.2 Å². The first-order valence-corrected chi connectivity index (χ1v) is 3.90. The Morgan fingerprint density at radius 2 is 2.08 bits per heavy atom. The number of fused-ring (bicyclic) bond motifs is 1. The Balaban J connectivity index is 2.68. The number of carbonyl (C=O) groups is 1. The Bertz CT molecular complexity index is 434. The van der Waals surface area contributed by atoms with E-state index >= 15 is 0 Å². The van der Waals surface area contributed by atoms with Crippen LogP contribution in [0.1, 0.15) is 0 Å². The van der Waals surface area contributed by atoms with Crippen molar-refractivity contribution in [3.05, 3.63) is 36.5 Å². The van der Waals surface area contributed by atoms with Crippen LogP contribution in [0.3, 0.4) is 0 Å². The van der Waals surface area contributed by atoms with Crippen LogP contribution in [-0.2, 0) is 4.79 Å². The Kier molecular flexibility index (Phi) is 1.92. The van der Waals surface area contributed by atoms with E-state index in [1.54, 1.807) is 6.20 Å². The number of aromatic nitrogens is 1. The van der Waals surface area contributed by atoms with Gasteiger partial charge in [0.1, 0.15) is 0 Å². The van der Waals surface area contributed by atoms with Crippen LogP contribution in [-0.4, -0.2) is 11.4 Å². The van der Waals surface area contributed by atoms with E-state index in [-0.39, 0.29) is 0 Å². The molecular weight excluding hydrogens is 164 g/mol. The SMILES string of the molecule is O=C[N]c1nccc2ccccc12. The van der Waals surface area contributed by atoms with Crippen molar-refractivity contribution in [2.75, 3.05) is 0 Å². The summed E-state index contributed by atoms with van der Waals surface area (Å²) in [5, 5.41) is 5.58. The van der Waals surface area contributed by atoms with Crippen LogP contribution < -0.4 is 5.32 Å². The number of hydrogen-bond donors (Lipinski definition) is 0. The highest BCUT2D eigenvalue weighted by Gasteiger charge is 2.00. The first-order chi connectivity index (χ1) is 6.42. The highest BCUT2D eigenvalue weighted by molar-refractivity contribution is 5.91. The number of pyridine rings is 1. The van der Waals surface area contributed by atoms with Crippen molar-refractivity contribution in [1.82, 2.24) is 10.3 Å². The lowest BCUT2D eigenvalue weighted by atomic mass is 10.2. The third-order valence-corrected chi connectivity index (χ3v) is 1.83. The van der Waals surface area contributed by atoms with Crippen LogP contribution in [0.4, 0.5) is 5.82 Å². The predicted octanol–water partition coefficient (Wildman–Crippen LogP) is 1.63. The lowest BCUT2D eigenvalue weighted by Gasteiger charge is -2.00. The molecule has 0 unspecified atom stereocenters. The van der Waals surface area contributed by atoms with Crippen molar-refractivity contribution in [2.24, 2.45) is 0 Å². The van der Waals surface area contributed by atoms with Gasteiger partial charge in [-0.15, -0.1) is 0 Å². The van der Waals surface area contributed by atoms with E-state index in [1.165, 1.54) is 0 Å². The molecule has 0 aliphatic carbocycles. The second-order valence-electron chi connectivity index (χ2n) is 2.59. The molecule has 3 heteroatoms. The topological polar surface area (TPSA) is 44.1 Å². The molecule has 2 aromatic rings. The van der Waals surface area contributed by atoms with Crippen molar-refractivity contribution in [3.8, 4) is 0 Å². The summed E-state index contributed by atoms with van der Waals surface area (Å²) in [4.78, 5) is 14.2. The van der Waals surface area contributed by atoms with Gasteiger partial charge in [-0.2, -0.15) is 5.32 Å². The zero-order chi connectivity index (χ0) is 9.10. The largest absolute Gasteiger partial charge is 0.276 e. The summed E-state index contributed by atoms with van der Waals surface area (Å²) < 4.78 is 0. The first-order valence-electron chi connectivity index (χ1n) is 3.90. The molecule has 1 aromatic heterocycles. The molecule has 3 nitrogen and oxygen atoms in total. The molecule has 0 bridgehead atoms. The molecule has 0 atom stereocenters. The molecule has 1 heterocycles. The number of amides is 1. The molecular formula is C10H7N2O. The van der Waals surface area contributed by atoms with Gasteiger partial charge in [-0.3, -0.25) is 4.79 Å². The van der Waals surface area contributed by atoms with Gasteiger partial charge in [0.05, 0.1) is 0 Å². The summed E-state index contributed by atoms with van der Waals surface area (Å²) in [5.41, 5.74) is 0. The fourth-order valence-corrected chi connectivity index (χ4v) is 1.26. The predicted molar refractivity (Wildman–Crippen MR) is 49.6 cm³/mol. The summed E-state index contributed by atoms with van der Waals surface area (Å²) in [6, 6.07) is 9.57. The third-order valence-electron chi connectivity index (χ3n) is 1.83. The van der Waals surface area contributed by atoms with Gasteiger partial charge in [0.2, 0.25) is 6.41 Å². The summed E-state index contributed by atoms with van der Waals surface area (Å²) in [6.07, 6.45) is 2.15. The van der Waals surface area contributed by atoms with Gasteiger partial charge in [0, 0.05) is 11.6 Å². The molecule has 0 saturated carbocycles. The van der Waals surface area contributed by atoms with Gasteiger partial charge >= 0.3 is 0 Å². The smallest absolute Gasteiger partial charge is 0.234 e. The van der Waals surface area contributed by atoms with Crippen LogP contribution in [0.2, 0.25) is 0 Å². The lowest BCUT2D eigenvalue weighted by Crippen LogP contribution is -1.95. The quantitative estimate of drug-likeness (QED) is 0.644. The van der Waals surface area contributed by atoms with E-state index < -0.39 is 0 Å². The van der Waals surface area contributed by atoms with Gasteiger partial charge in [0.25, 0.3) is 0 Å². The third kappa shape index (κ3) is 1.36. The standard InChI is InChI=1S/C10H7N2O/c13-7-12-10-9-4-2-1-3-8(9)5-6-11-10/h1-7H. The van der Waals surface area contributed by atoms with Crippen molar-refractivity contribution in [3.63, 3.8) is 0 Å². The van der Waals surface area contributed by atoms with E-state index in [0.717, 1.165) is 10.8 Å². The number of benzene rings is 1. The number of nitrogens with zero attached hydrogens (tertiary/aromatic N) is 2. The highest BCUT2D eigenvalue weighted by Crippen LogP contribution is 2.19. The van der Waals surface area contributed by atoms with Crippen LogP contribution >= 0.6 is 0 Å². The number of carbonyl (C=O) groups excluding carboxylic acids is 1. The first kappa shape index (κ1) is 7.73. The van der Waals surface area contributed by atoms with Crippen LogP contribution in [0.25, 0.3) is 10.8 Å². The maximum atomic E-state index is 10.2. The van der Waals surface area contributed by atoms with Gasteiger partial charge in [-0.05, 0) is 11.5 Å². The van der Waals surface area contributed by atoms with Crippen LogP contribution in [0.15, 0.2) is 36.5 Å². The van der Waals surface area contributed by atoms with E-state index in [2.05, 4.69) is 10.3 Å². The van der Waals surface area contributed by atoms with Crippen molar-refractivity contribution >= 4 is 23.0 Å². The highest BCUT2D eigenvalue weighted by atomic mass is 16.1. The van der Waals surface area contributed by atoms with Gasteiger partial charge in [-0.1, -0.05) is 24.3 Å². The average Bonchev–Trinajstić information content (AvgIpc) is 2.19. The fourth-order valence-electron chi connectivity index (χ4n) is 1.26. The lowest BCUT2D eigenvalue weighted by molar-refractivity contribution is -0.108. The molecule has 0 fully saturated rings. The molecule has 1 aromatic carbocycles. The molecule has 13 heavy (non-hydrogen) atoms. The maximum Gasteiger partial charge on any atom is 0.234 e. The van der Waals surface area contributed by atoms with Crippen molar-refractivity contribution in [1.29, 1.82) is 0 Å². The van der Waals surface area contributed by atoms with Gasteiger partial charge in [0.15, 0.2) is 5.82 Å². The molecule has 63 valence electrons. The zero-order valence-corrected chi connectivity index (χ0v) is 6.84. The minimum absolute atomic E-state index is 0.480. The molecule has 0 spiro atoms. The Labute approximate surface area is 75.4 Å². The summed E-state index contributed by atoms with van der Waals surface area (Å²) >= 11 is 0. The number of rotatable bonds is 2. The van der Waals surface area contributed by atoms with Crippen molar-refractivity contribution < 1.29 is 4.79 Å². The molecule has 0 aliphatic rings. The van der Waals surface area contributed by atoms with E-state index in [4.69, 9.17) is 0 Å². The minimum atomic E-state index is 0.480. The molecule has 0 saturated heterocycles. The average molecular weight is 171 g/mol. The monoisotopic (exact) mass is 171 g/mol. The fraction of sp³-hybridized carbons (Fsp3) is 0. The summed E-state index contributed by atoms with van der Waals surface area (Å²) in [7, 11) is 0. The minimum Gasteiger partial charge on any atom is -0.276 e. The summed E-state index contributed by atoms with van der Waals surface area (Å²) in [6.45, 7) is 0. The second kappa shape index (κ2) is 3.23. The van der Waals surface area contributed by atoms with Gasteiger partial charge in [-0.25, -0.2) is 4.98 Å². The molecule has 1 radical (unpaired) electrons. The Morgan fingerprint density at radius 3 is 2.92 bits per heavy atom. The molecule has 2 rings (SSSR count). The number of hydrogen-bond acceptors (Lipinski definition) is 2. The molecule has 0 N–H and O–H groups in total. The maximum absolute atomic E-state index is 10.2. The normalized spacial score (nSPS) is 9.85. The van der Waals surface area contributed by atoms with Crippen molar-refractivity contribution in [2.45, 2.75) is 0 Å². The van der Waals surface area contributed by atoms with Gasteiger partial charge < -0.3 is 0 Å². The molecule has 0 aliphatic heterocycles. The van der Waals surface area contributed by atoms with Crippen LogP contribution in [0, 0.1) is 0 Å².